The average Bonchev–Trinajstić information content (AvgIpc) is 4.03. The molecule has 3 aliphatic rings. The lowest BCUT2D eigenvalue weighted by atomic mass is 9.93. The predicted octanol–water partition coefficient (Wildman–Crippen LogP) is 12.0. The lowest BCUT2D eigenvalue weighted by Crippen LogP contribution is -2.32. The molecule has 3 aliphatic heterocycles. The van der Waals surface area contributed by atoms with Gasteiger partial charge in [0.1, 0.15) is 66.1 Å². The van der Waals surface area contributed by atoms with E-state index in [2.05, 4.69) is 186 Å². The Morgan fingerprint density at radius 1 is 0.525 bits per heavy atom. The highest BCUT2D eigenvalue weighted by Crippen LogP contribution is 2.52. The van der Waals surface area contributed by atoms with Gasteiger partial charge in [0.2, 0.25) is 5.76 Å². The summed E-state index contributed by atoms with van der Waals surface area (Å²) in [5.74, 6) is 4.93. The fourth-order valence-corrected chi connectivity index (χ4v) is 12.9. The Hall–Kier alpha value is -4.73. The van der Waals surface area contributed by atoms with E-state index in [0.717, 1.165) is 11.3 Å². The van der Waals surface area contributed by atoms with Gasteiger partial charge >= 0.3 is 11.6 Å². The maximum atomic E-state index is 6.18. The minimum atomic E-state index is -0.0760. The van der Waals surface area contributed by atoms with Crippen LogP contribution in [-0.2, 0) is 37.8 Å². The molecule has 2 aromatic carbocycles. The molecule has 0 spiro atoms. The van der Waals surface area contributed by atoms with Crippen LogP contribution >= 0.6 is 22.7 Å². The highest BCUT2D eigenvalue weighted by Gasteiger charge is 2.51. The number of para-hydroxylation sites is 1. The van der Waals surface area contributed by atoms with E-state index in [-0.39, 0.29) is 38.9 Å². The van der Waals surface area contributed by atoms with Crippen molar-refractivity contribution in [2.75, 3.05) is 0 Å². The third-order valence-corrected chi connectivity index (χ3v) is 15.8. The molecule has 0 unspecified atom stereocenters. The Bertz CT molecular complexity index is 2800. The number of nitrogens with zero attached hydrogens (tertiary/aromatic N) is 6. The Kier molecular flexibility index (Phi) is 10.5. The number of hydrogen-bond donors (Lipinski definition) is 0. The van der Waals surface area contributed by atoms with Gasteiger partial charge in [0, 0.05) is 68.1 Å². The van der Waals surface area contributed by atoms with Crippen LogP contribution in [0.15, 0.2) is 64.4 Å². The van der Waals surface area contributed by atoms with Gasteiger partial charge in [-0.2, -0.15) is 0 Å². The van der Waals surface area contributed by atoms with E-state index in [4.69, 9.17) is 4.42 Å². The van der Waals surface area contributed by atoms with Crippen LogP contribution in [0, 0.1) is 41.5 Å². The van der Waals surface area contributed by atoms with Gasteiger partial charge in [-0.15, -0.1) is 22.7 Å². The second-order valence-corrected chi connectivity index (χ2v) is 19.6. The second-order valence-electron chi connectivity index (χ2n) is 17.6. The SMILES string of the molecule is C.C.C.Cc1c(C)[n+](C)c2n1C(C)(C)c1c-2oc2ccccc12.Cc1c(C)[n+](C)c2n1C(C)(C)c1c-2sc2ccccc12.Cc1c(C)[n+](C)c2n1C(C)(C)c1ccsc1-2. The molecule has 0 atom stereocenters. The Morgan fingerprint density at radius 3 is 1.58 bits per heavy atom. The molecular weight excluding hydrogens is 765 g/mol. The van der Waals surface area contributed by atoms with E-state index in [1.807, 2.05) is 28.7 Å². The molecule has 11 rings (SSSR count). The second kappa shape index (κ2) is 14.2. The van der Waals surface area contributed by atoms with Crippen molar-refractivity contribution >= 4 is 43.7 Å². The quantitative estimate of drug-likeness (QED) is 0.140. The van der Waals surface area contributed by atoms with Gasteiger partial charge < -0.3 is 4.42 Å². The number of rotatable bonds is 0. The highest BCUT2D eigenvalue weighted by atomic mass is 32.1. The van der Waals surface area contributed by atoms with Crippen LogP contribution in [0.25, 0.3) is 54.0 Å². The molecule has 0 bridgehead atoms. The minimum Gasteiger partial charge on any atom is -0.448 e. The smallest absolute Gasteiger partial charge is 0.326 e. The Labute approximate surface area is 360 Å². The summed E-state index contributed by atoms with van der Waals surface area (Å²) in [6.07, 6.45) is 0. The molecule has 0 saturated carbocycles. The molecule has 6 aromatic heterocycles. The first-order valence-electron chi connectivity index (χ1n) is 19.7. The van der Waals surface area contributed by atoms with Gasteiger partial charge in [0.05, 0.1) is 26.7 Å². The first-order chi connectivity index (χ1) is 26.3. The number of aromatic nitrogens is 6. The van der Waals surface area contributed by atoms with E-state index < -0.39 is 0 Å². The lowest BCUT2D eigenvalue weighted by Gasteiger charge is -2.18. The third kappa shape index (κ3) is 5.52. The molecule has 0 N–H and O–H groups in total. The van der Waals surface area contributed by atoms with Crippen molar-refractivity contribution in [3.05, 3.63) is 111 Å². The fraction of sp³-hybridized carbons (Fsp3) is 0.420. The molecule has 0 amide bonds. The fourth-order valence-electron chi connectivity index (χ4n) is 10.4. The summed E-state index contributed by atoms with van der Waals surface area (Å²) < 4.78 is 21.9. The summed E-state index contributed by atoms with van der Waals surface area (Å²) in [7, 11) is 6.47. The summed E-state index contributed by atoms with van der Waals surface area (Å²) in [5.41, 5.74) is 13.4. The maximum Gasteiger partial charge on any atom is 0.326 e. The summed E-state index contributed by atoms with van der Waals surface area (Å²) in [4.78, 5) is 2.87. The van der Waals surface area contributed by atoms with E-state index in [0.29, 0.717) is 0 Å². The molecule has 0 aliphatic carbocycles. The number of benzene rings is 2. The Morgan fingerprint density at radius 2 is 0.983 bits per heavy atom. The van der Waals surface area contributed by atoms with Gasteiger partial charge in [0.25, 0.3) is 5.82 Å². The average molecular weight is 832 g/mol. The Balaban J connectivity index is 0.000000146. The zero-order chi connectivity index (χ0) is 40.1. The van der Waals surface area contributed by atoms with Crippen LogP contribution < -0.4 is 13.7 Å². The lowest BCUT2D eigenvalue weighted by molar-refractivity contribution is -0.666. The van der Waals surface area contributed by atoms with Crippen molar-refractivity contribution in [1.82, 2.24) is 13.7 Å². The summed E-state index contributed by atoms with van der Waals surface area (Å²) >= 11 is 3.78. The van der Waals surface area contributed by atoms with Gasteiger partial charge in [-0.3, -0.25) is 0 Å². The first kappa shape index (κ1) is 43.8. The number of fused-ring (bicyclic) bond motifs is 13. The van der Waals surface area contributed by atoms with Crippen molar-refractivity contribution in [2.24, 2.45) is 21.1 Å². The molecule has 9 heterocycles. The van der Waals surface area contributed by atoms with Crippen LogP contribution in [-0.4, -0.2) is 13.7 Å². The highest BCUT2D eigenvalue weighted by molar-refractivity contribution is 7.22. The number of hydrogen-bond acceptors (Lipinski definition) is 3. The number of imidazole rings is 3. The van der Waals surface area contributed by atoms with E-state index in [1.54, 1.807) is 0 Å². The molecule has 312 valence electrons. The standard InChI is InChI=1S/C17H19N2O.C17H19N2S.C13H17N2S.3CH4/c2*1-10-11(2)19-16(18(10)5)15-14(17(19,3)4)12-8-6-7-9-13(12)20-15;1-8-9(2)15-12(14(8)5)11-10(6-7-16-11)13(15,3)4;;;/h2*6-9H,1-5H3;6-7H,1-5H3;3*1H4/q3*+1;;;. The van der Waals surface area contributed by atoms with Gasteiger partial charge in [-0.05, 0) is 65.1 Å². The molecule has 0 saturated heterocycles. The van der Waals surface area contributed by atoms with Crippen LogP contribution in [0.1, 0.15) is 115 Å². The van der Waals surface area contributed by atoms with Crippen LogP contribution in [0.5, 0.6) is 0 Å². The number of thiophene rings is 2. The van der Waals surface area contributed by atoms with Gasteiger partial charge in [-0.1, -0.05) is 58.7 Å². The summed E-state index contributed by atoms with van der Waals surface area (Å²) in [6, 6.07) is 19.4. The van der Waals surface area contributed by atoms with Crippen molar-refractivity contribution in [2.45, 2.75) is 122 Å². The zero-order valence-corrected chi connectivity index (χ0v) is 37.3. The molecule has 8 aromatic rings. The molecule has 9 heteroatoms. The van der Waals surface area contributed by atoms with E-state index in [9.17, 15) is 0 Å². The van der Waals surface area contributed by atoms with Crippen molar-refractivity contribution in [1.29, 1.82) is 0 Å². The molecular formula is C50H67N6OS2+3. The molecule has 7 nitrogen and oxygen atoms in total. The molecule has 59 heavy (non-hydrogen) atoms. The monoisotopic (exact) mass is 831 g/mol. The van der Waals surface area contributed by atoms with E-state index in [1.165, 1.54) is 93.6 Å². The van der Waals surface area contributed by atoms with Crippen molar-refractivity contribution in [3.63, 3.8) is 0 Å². The van der Waals surface area contributed by atoms with Gasteiger partial charge in [-0.25, -0.2) is 27.4 Å². The molecule has 0 radical (unpaired) electrons. The largest absolute Gasteiger partial charge is 0.448 e. The van der Waals surface area contributed by atoms with Crippen molar-refractivity contribution in [3.8, 4) is 33.0 Å². The van der Waals surface area contributed by atoms with Crippen LogP contribution in [0.4, 0.5) is 0 Å². The van der Waals surface area contributed by atoms with Crippen LogP contribution in [0.2, 0.25) is 0 Å². The number of furan rings is 1. The summed E-state index contributed by atoms with van der Waals surface area (Å²) in [5, 5.41) is 4.85. The normalized spacial score (nSPS) is 15.0. The molecule has 0 fully saturated rings. The minimum absolute atomic E-state index is 0. The zero-order valence-electron chi connectivity index (χ0n) is 35.7. The van der Waals surface area contributed by atoms with Gasteiger partial charge in [0.15, 0.2) is 0 Å². The topological polar surface area (TPSA) is 39.6 Å². The maximum absolute atomic E-state index is 6.18. The summed E-state index contributed by atoms with van der Waals surface area (Å²) in [6.45, 7) is 27.1. The third-order valence-electron chi connectivity index (χ3n) is 13.7. The van der Waals surface area contributed by atoms with Crippen LogP contribution in [0.3, 0.4) is 0 Å². The predicted molar refractivity (Wildman–Crippen MR) is 250 cm³/mol. The first-order valence-corrected chi connectivity index (χ1v) is 21.4. The van der Waals surface area contributed by atoms with E-state index >= 15 is 0 Å². The van der Waals surface area contributed by atoms with Crippen molar-refractivity contribution < 1.29 is 18.1 Å².